The van der Waals surface area contributed by atoms with Crippen LogP contribution in [0.15, 0.2) is 65.4 Å². The van der Waals surface area contributed by atoms with Gasteiger partial charge >= 0.3 is 0 Å². The third kappa shape index (κ3) is 5.17. The van der Waals surface area contributed by atoms with Gasteiger partial charge in [0.15, 0.2) is 5.65 Å². The zero-order valence-electron chi connectivity index (χ0n) is 20.7. The number of hydrogen-bond acceptors (Lipinski definition) is 5. The Balaban J connectivity index is 1.39. The summed E-state index contributed by atoms with van der Waals surface area (Å²) in [5.74, 6) is 1.15. The summed E-state index contributed by atoms with van der Waals surface area (Å²) in [6, 6.07) is 15.4. The summed E-state index contributed by atoms with van der Waals surface area (Å²) >= 11 is 0. The Labute approximate surface area is 210 Å². The first kappa shape index (κ1) is 23.8. The molecule has 186 valence electrons. The van der Waals surface area contributed by atoms with E-state index in [2.05, 4.69) is 24.3 Å². The van der Waals surface area contributed by atoms with Crippen LogP contribution in [0.5, 0.6) is 0 Å². The number of benzene rings is 1. The molecular weight excluding hydrogens is 454 g/mol. The van der Waals surface area contributed by atoms with E-state index in [1.54, 1.807) is 17.1 Å². The number of furan rings is 1. The van der Waals surface area contributed by atoms with Gasteiger partial charge in [-0.15, -0.1) is 0 Å². The maximum Gasteiger partial charge on any atom is 0.252 e. The molecule has 1 aromatic carbocycles. The molecule has 0 atom stereocenters. The Morgan fingerprint density at radius 3 is 2.58 bits per heavy atom. The molecule has 0 saturated carbocycles. The van der Waals surface area contributed by atoms with Crippen molar-refractivity contribution in [2.24, 2.45) is 5.92 Å². The third-order valence-electron chi connectivity index (χ3n) is 6.57. The molecule has 4 heterocycles. The number of carbonyl (C=O) groups is 2. The molecule has 1 saturated heterocycles. The summed E-state index contributed by atoms with van der Waals surface area (Å²) < 4.78 is 7.26. The fourth-order valence-electron chi connectivity index (χ4n) is 4.67. The molecule has 1 N–H and O–H groups in total. The number of fused-ring (bicyclic) bond motifs is 1. The first-order chi connectivity index (χ1) is 17.5. The predicted octanol–water partition coefficient (Wildman–Crippen LogP) is 4.51. The van der Waals surface area contributed by atoms with Crippen LogP contribution in [0.2, 0.25) is 0 Å². The van der Waals surface area contributed by atoms with Crippen LogP contribution in [0.3, 0.4) is 0 Å². The summed E-state index contributed by atoms with van der Waals surface area (Å²) in [5, 5.41) is 8.42. The minimum Gasteiger partial charge on any atom is -0.467 e. The molecule has 0 radical (unpaired) electrons. The molecule has 1 fully saturated rings. The van der Waals surface area contributed by atoms with E-state index in [4.69, 9.17) is 9.40 Å². The maximum atomic E-state index is 13.5. The van der Waals surface area contributed by atoms with E-state index >= 15 is 0 Å². The van der Waals surface area contributed by atoms with Crippen molar-refractivity contribution in [3.63, 3.8) is 0 Å². The number of rotatable bonds is 7. The Hall–Kier alpha value is -3.94. The van der Waals surface area contributed by atoms with E-state index in [0.29, 0.717) is 54.3 Å². The van der Waals surface area contributed by atoms with Crippen molar-refractivity contribution in [2.45, 2.75) is 45.7 Å². The molecule has 4 aromatic rings. The van der Waals surface area contributed by atoms with Gasteiger partial charge in [0.05, 0.1) is 29.1 Å². The average Bonchev–Trinajstić information content (AvgIpc) is 3.54. The lowest BCUT2D eigenvalue weighted by Crippen LogP contribution is -2.46. The van der Waals surface area contributed by atoms with Gasteiger partial charge in [-0.2, -0.15) is 5.10 Å². The zero-order valence-corrected chi connectivity index (χ0v) is 20.7. The third-order valence-corrected chi connectivity index (χ3v) is 6.57. The van der Waals surface area contributed by atoms with Gasteiger partial charge in [0.2, 0.25) is 5.91 Å². The number of piperidine rings is 1. The Morgan fingerprint density at radius 1 is 1.11 bits per heavy atom. The number of aromatic nitrogens is 3. The molecule has 3 aromatic heterocycles. The SMILES string of the molecule is CC(C)CC(=O)N1CCC(NC(=O)c2cc(-c3ccccc3)nc3c2cnn3Cc2ccco2)CC1. The van der Waals surface area contributed by atoms with Crippen LogP contribution in [-0.2, 0) is 11.3 Å². The highest BCUT2D eigenvalue weighted by atomic mass is 16.3. The molecule has 36 heavy (non-hydrogen) atoms. The molecule has 0 unspecified atom stereocenters. The number of amides is 2. The highest BCUT2D eigenvalue weighted by Crippen LogP contribution is 2.26. The predicted molar refractivity (Wildman–Crippen MR) is 137 cm³/mol. The molecular formula is C28H31N5O3. The minimum absolute atomic E-state index is 0.0159. The Kier molecular flexibility index (Phi) is 6.84. The van der Waals surface area contributed by atoms with Crippen LogP contribution in [0.1, 0.15) is 49.2 Å². The van der Waals surface area contributed by atoms with Gasteiger partial charge < -0.3 is 14.6 Å². The van der Waals surface area contributed by atoms with Gasteiger partial charge in [-0.1, -0.05) is 44.2 Å². The summed E-state index contributed by atoms with van der Waals surface area (Å²) in [7, 11) is 0. The van der Waals surface area contributed by atoms with Crippen LogP contribution in [0.4, 0.5) is 0 Å². The lowest BCUT2D eigenvalue weighted by atomic mass is 10.0. The van der Waals surface area contributed by atoms with Crippen molar-refractivity contribution in [3.8, 4) is 11.3 Å². The molecule has 5 rings (SSSR count). The van der Waals surface area contributed by atoms with Gasteiger partial charge in [-0.05, 0) is 37.0 Å². The summed E-state index contributed by atoms with van der Waals surface area (Å²) in [4.78, 5) is 32.7. The number of pyridine rings is 1. The molecule has 0 spiro atoms. The standard InChI is InChI=1S/C28H31N5O3/c1-19(2)15-26(34)32-12-10-21(11-13-32)30-28(35)23-16-25(20-7-4-3-5-8-20)31-27-24(23)17-29-33(27)18-22-9-6-14-36-22/h3-9,14,16-17,19,21H,10-13,15,18H2,1-2H3,(H,30,35). The molecule has 1 aliphatic heterocycles. The average molecular weight is 486 g/mol. The number of nitrogens with zero attached hydrogens (tertiary/aromatic N) is 4. The first-order valence-corrected chi connectivity index (χ1v) is 12.5. The molecule has 1 aliphatic rings. The van der Waals surface area contributed by atoms with Crippen LogP contribution < -0.4 is 5.32 Å². The smallest absolute Gasteiger partial charge is 0.252 e. The monoisotopic (exact) mass is 485 g/mol. The van der Waals surface area contributed by atoms with Gasteiger partial charge in [0, 0.05) is 31.1 Å². The second-order valence-corrected chi connectivity index (χ2v) is 9.77. The van der Waals surface area contributed by atoms with Crippen LogP contribution in [0, 0.1) is 5.92 Å². The summed E-state index contributed by atoms with van der Waals surface area (Å²) in [6.45, 7) is 5.87. The Morgan fingerprint density at radius 2 is 1.89 bits per heavy atom. The second kappa shape index (κ2) is 10.4. The minimum atomic E-state index is -0.149. The quantitative estimate of drug-likeness (QED) is 0.416. The summed E-state index contributed by atoms with van der Waals surface area (Å²) in [5.41, 5.74) is 2.81. The van der Waals surface area contributed by atoms with E-state index in [9.17, 15) is 9.59 Å². The molecule has 0 bridgehead atoms. The van der Waals surface area contributed by atoms with Crippen molar-refractivity contribution in [1.29, 1.82) is 0 Å². The van der Waals surface area contributed by atoms with Crippen LogP contribution in [0.25, 0.3) is 22.3 Å². The van der Waals surface area contributed by atoms with E-state index < -0.39 is 0 Å². The highest BCUT2D eigenvalue weighted by Gasteiger charge is 2.26. The summed E-state index contributed by atoms with van der Waals surface area (Å²) in [6.07, 6.45) is 5.38. The Bertz CT molecular complexity index is 1340. The normalized spacial score (nSPS) is 14.5. The molecule has 8 heteroatoms. The second-order valence-electron chi connectivity index (χ2n) is 9.77. The number of hydrogen-bond donors (Lipinski definition) is 1. The van der Waals surface area contributed by atoms with E-state index in [1.807, 2.05) is 53.4 Å². The van der Waals surface area contributed by atoms with Gasteiger partial charge in [0.1, 0.15) is 12.3 Å². The lowest BCUT2D eigenvalue weighted by molar-refractivity contribution is -0.133. The molecule has 0 aliphatic carbocycles. The number of nitrogens with one attached hydrogen (secondary N) is 1. The largest absolute Gasteiger partial charge is 0.467 e. The first-order valence-electron chi connectivity index (χ1n) is 12.5. The maximum absolute atomic E-state index is 13.5. The molecule has 2 amide bonds. The van der Waals surface area contributed by atoms with Crippen LogP contribution in [-0.4, -0.2) is 50.6 Å². The number of carbonyl (C=O) groups excluding carboxylic acids is 2. The van der Waals surface area contributed by atoms with Gasteiger partial charge in [-0.3, -0.25) is 9.59 Å². The molecule has 8 nitrogen and oxygen atoms in total. The van der Waals surface area contributed by atoms with Gasteiger partial charge in [-0.25, -0.2) is 9.67 Å². The van der Waals surface area contributed by atoms with Crippen molar-refractivity contribution in [1.82, 2.24) is 25.0 Å². The highest BCUT2D eigenvalue weighted by molar-refractivity contribution is 6.06. The van der Waals surface area contributed by atoms with E-state index in [1.165, 1.54) is 0 Å². The van der Waals surface area contributed by atoms with Crippen molar-refractivity contribution in [2.75, 3.05) is 13.1 Å². The topological polar surface area (TPSA) is 93.3 Å². The van der Waals surface area contributed by atoms with Crippen LogP contribution >= 0.6 is 0 Å². The van der Waals surface area contributed by atoms with E-state index in [-0.39, 0.29) is 17.9 Å². The van der Waals surface area contributed by atoms with Crippen molar-refractivity contribution in [3.05, 3.63) is 72.3 Å². The zero-order chi connectivity index (χ0) is 25.1. The van der Waals surface area contributed by atoms with E-state index in [0.717, 1.165) is 24.2 Å². The van der Waals surface area contributed by atoms with Gasteiger partial charge in [0.25, 0.3) is 5.91 Å². The fraction of sp³-hybridized carbons (Fsp3) is 0.357. The lowest BCUT2D eigenvalue weighted by Gasteiger charge is -2.33. The number of likely N-dealkylation sites (tertiary alicyclic amines) is 1. The van der Waals surface area contributed by atoms with Crippen molar-refractivity contribution < 1.29 is 14.0 Å². The van der Waals surface area contributed by atoms with Crippen molar-refractivity contribution >= 4 is 22.8 Å². The fourth-order valence-corrected chi connectivity index (χ4v) is 4.67.